The Morgan fingerprint density at radius 1 is 1.46 bits per heavy atom. The zero-order chi connectivity index (χ0) is 10.0. The minimum atomic E-state index is -0.829. The minimum Gasteiger partial charge on any atom is -0.298 e. The van der Waals surface area contributed by atoms with Crippen molar-refractivity contribution in [2.75, 3.05) is 0 Å². The van der Waals surface area contributed by atoms with Crippen LogP contribution in [0.4, 0.5) is 4.39 Å². The minimum absolute atomic E-state index is 0.0832. The Morgan fingerprint density at radius 3 is 2.54 bits per heavy atom. The third kappa shape index (κ3) is 1.64. The van der Waals surface area contributed by atoms with Gasteiger partial charge < -0.3 is 0 Å². The highest BCUT2D eigenvalue weighted by Crippen LogP contribution is 2.29. The Labute approximate surface area is 83.5 Å². The number of nitrogens with zero attached hydrogens (tertiary/aromatic N) is 1. The first-order chi connectivity index (χ1) is 6.11. The maximum absolute atomic E-state index is 12.9. The van der Waals surface area contributed by atoms with Gasteiger partial charge in [-0.25, -0.2) is 4.39 Å². The van der Waals surface area contributed by atoms with Crippen molar-refractivity contribution in [1.82, 2.24) is 0 Å². The molecule has 0 amide bonds. The molecule has 0 heterocycles. The number of hydrogen-bond acceptors (Lipinski definition) is 2. The van der Waals surface area contributed by atoms with E-state index in [-0.39, 0.29) is 21.2 Å². The van der Waals surface area contributed by atoms with Gasteiger partial charge in [-0.05, 0) is 6.07 Å². The molecule has 1 aromatic carbocycles. The summed E-state index contributed by atoms with van der Waals surface area (Å²) in [6.45, 7) is 0. The van der Waals surface area contributed by atoms with Gasteiger partial charge in [-0.1, -0.05) is 23.2 Å². The van der Waals surface area contributed by atoms with Gasteiger partial charge in [0.25, 0.3) is 0 Å². The van der Waals surface area contributed by atoms with Crippen LogP contribution in [0.3, 0.4) is 0 Å². The first-order valence-electron chi connectivity index (χ1n) is 3.14. The number of benzene rings is 1. The van der Waals surface area contributed by atoms with E-state index in [2.05, 4.69) is 0 Å². The topological polar surface area (TPSA) is 40.9 Å². The van der Waals surface area contributed by atoms with E-state index in [4.69, 9.17) is 28.5 Å². The molecule has 0 fully saturated rings. The highest BCUT2D eigenvalue weighted by molar-refractivity contribution is 6.38. The summed E-state index contributed by atoms with van der Waals surface area (Å²) < 4.78 is 12.9. The molecule has 0 atom stereocenters. The van der Waals surface area contributed by atoms with Crippen LogP contribution in [0.5, 0.6) is 0 Å². The average molecular weight is 218 g/mol. The highest BCUT2D eigenvalue weighted by Gasteiger charge is 2.14. The first kappa shape index (κ1) is 9.97. The first-order valence-corrected chi connectivity index (χ1v) is 3.90. The van der Waals surface area contributed by atoms with Gasteiger partial charge in [0, 0.05) is 5.56 Å². The second-order valence-corrected chi connectivity index (χ2v) is 2.94. The van der Waals surface area contributed by atoms with Crippen molar-refractivity contribution in [2.24, 2.45) is 0 Å². The van der Waals surface area contributed by atoms with E-state index < -0.39 is 5.82 Å². The molecule has 0 aliphatic rings. The van der Waals surface area contributed by atoms with Crippen molar-refractivity contribution in [3.8, 4) is 6.07 Å². The molecule has 2 nitrogen and oxygen atoms in total. The standard InChI is InChI=1S/C8H2Cl2FNO/c9-7-4(3-13)1-6(11)8(10)5(7)2-12/h1,3H. The average Bonchev–Trinajstić information content (AvgIpc) is 2.12. The van der Waals surface area contributed by atoms with Crippen molar-refractivity contribution in [1.29, 1.82) is 5.26 Å². The third-order valence-electron chi connectivity index (χ3n) is 1.42. The summed E-state index contributed by atoms with van der Waals surface area (Å²) in [6, 6.07) is 2.50. The van der Waals surface area contributed by atoms with Crippen LogP contribution in [0.25, 0.3) is 0 Å². The van der Waals surface area contributed by atoms with Gasteiger partial charge in [0.1, 0.15) is 11.9 Å². The SMILES string of the molecule is N#Cc1c(Cl)c(F)cc(C=O)c1Cl. The van der Waals surface area contributed by atoms with Crippen LogP contribution in [-0.4, -0.2) is 6.29 Å². The number of halogens is 3. The van der Waals surface area contributed by atoms with Crippen molar-refractivity contribution in [2.45, 2.75) is 0 Å². The molecule has 0 bridgehead atoms. The molecule has 5 heteroatoms. The van der Waals surface area contributed by atoms with Crippen molar-refractivity contribution < 1.29 is 9.18 Å². The summed E-state index contributed by atoms with van der Waals surface area (Å²) in [5.74, 6) is -0.829. The number of nitriles is 1. The predicted molar refractivity (Wildman–Crippen MR) is 46.5 cm³/mol. The van der Waals surface area contributed by atoms with Crippen LogP contribution in [0.15, 0.2) is 6.07 Å². The molecular weight excluding hydrogens is 216 g/mol. The fourth-order valence-electron chi connectivity index (χ4n) is 0.807. The maximum atomic E-state index is 12.9. The number of rotatable bonds is 1. The lowest BCUT2D eigenvalue weighted by molar-refractivity contribution is 0.112. The Bertz CT molecular complexity index is 412. The van der Waals surface area contributed by atoms with Gasteiger partial charge in [-0.2, -0.15) is 5.26 Å². The Kier molecular flexibility index (Phi) is 2.86. The van der Waals surface area contributed by atoms with Crippen LogP contribution < -0.4 is 0 Å². The number of carbonyl (C=O) groups excluding carboxylic acids is 1. The quantitative estimate of drug-likeness (QED) is 0.537. The molecule has 1 aromatic rings. The number of carbonyl (C=O) groups is 1. The van der Waals surface area contributed by atoms with Gasteiger partial charge in [0.05, 0.1) is 15.6 Å². The number of hydrogen-bond donors (Lipinski definition) is 0. The molecule has 0 aliphatic carbocycles. The van der Waals surface area contributed by atoms with Crippen molar-refractivity contribution >= 4 is 29.5 Å². The van der Waals surface area contributed by atoms with Crippen LogP contribution >= 0.6 is 23.2 Å². The van der Waals surface area contributed by atoms with E-state index in [0.717, 1.165) is 6.07 Å². The van der Waals surface area contributed by atoms with Crippen LogP contribution in [0, 0.1) is 17.1 Å². The van der Waals surface area contributed by atoms with E-state index in [9.17, 15) is 9.18 Å². The molecule has 66 valence electrons. The van der Waals surface area contributed by atoms with E-state index in [1.54, 1.807) is 6.07 Å². The second-order valence-electron chi connectivity index (χ2n) is 2.18. The van der Waals surface area contributed by atoms with Crippen LogP contribution in [0.2, 0.25) is 10.0 Å². The Morgan fingerprint density at radius 2 is 2.08 bits per heavy atom. The third-order valence-corrected chi connectivity index (χ3v) is 2.20. The lowest BCUT2D eigenvalue weighted by atomic mass is 10.1. The predicted octanol–water partition coefficient (Wildman–Crippen LogP) is 2.82. The molecule has 0 aliphatic heterocycles. The Hall–Kier alpha value is -1.11. The molecule has 0 N–H and O–H groups in total. The van der Waals surface area contributed by atoms with Gasteiger partial charge in [-0.3, -0.25) is 4.79 Å². The molecule has 1 rings (SSSR count). The van der Waals surface area contributed by atoms with Gasteiger partial charge in [0.2, 0.25) is 0 Å². The summed E-state index contributed by atoms with van der Waals surface area (Å²) in [4.78, 5) is 10.4. The number of aldehydes is 1. The summed E-state index contributed by atoms with van der Waals surface area (Å²) in [7, 11) is 0. The molecule has 0 unspecified atom stereocenters. The fraction of sp³-hybridized carbons (Fsp3) is 0. The fourth-order valence-corrected chi connectivity index (χ4v) is 1.28. The molecule has 0 radical (unpaired) electrons. The second kappa shape index (κ2) is 3.73. The zero-order valence-electron chi connectivity index (χ0n) is 6.14. The molecule has 0 saturated heterocycles. The molecule has 0 spiro atoms. The van der Waals surface area contributed by atoms with Gasteiger partial charge in [0.15, 0.2) is 6.29 Å². The van der Waals surface area contributed by atoms with E-state index in [1.807, 2.05) is 0 Å². The summed E-state index contributed by atoms with van der Waals surface area (Å²) >= 11 is 11.0. The van der Waals surface area contributed by atoms with E-state index >= 15 is 0 Å². The van der Waals surface area contributed by atoms with E-state index in [0.29, 0.717) is 6.29 Å². The zero-order valence-corrected chi connectivity index (χ0v) is 7.66. The highest BCUT2D eigenvalue weighted by atomic mass is 35.5. The largest absolute Gasteiger partial charge is 0.298 e. The lowest BCUT2D eigenvalue weighted by Crippen LogP contribution is -1.91. The molecule has 0 aromatic heterocycles. The van der Waals surface area contributed by atoms with Crippen molar-refractivity contribution in [3.63, 3.8) is 0 Å². The van der Waals surface area contributed by atoms with Gasteiger partial charge >= 0.3 is 0 Å². The smallest absolute Gasteiger partial charge is 0.151 e. The molecular formula is C8H2Cl2FNO. The summed E-state index contributed by atoms with van der Waals surface area (Å²) in [6.07, 6.45) is 0.364. The lowest BCUT2D eigenvalue weighted by Gasteiger charge is -2.01. The summed E-state index contributed by atoms with van der Waals surface area (Å²) in [5, 5.41) is 8.06. The Balaban J connectivity index is 3.59. The monoisotopic (exact) mass is 217 g/mol. The maximum Gasteiger partial charge on any atom is 0.151 e. The molecule has 0 saturated carbocycles. The van der Waals surface area contributed by atoms with Crippen LogP contribution in [-0.2, 0) is 0 Å². The van der Waals surface area contributed by atoms with E-state index in [1.165, 1.54) is 0 Å². The van der Waals surface area contributed by atoms with Crippen molar-refractivity contribution in [3.05, 3.63) is 33.1 Å². The van der Waals surface area contributed by atoms with Gasteiger partial charge in [-0.15, -0.1) is 0 Å². The normalized spacial score (nSPS) is 9.38. The summed E-state index contributed by atoms with van der Waals surface area (Å²) in [5.41, 5.74) is -0.300. The molecule has 13 heavy (non-hydrogen) atoms. The van der Waals surface area contributed by atoms with Crippen LogP contribution in [0.1, 0.15) is 15.9 Å².